The van der Waals surface area contributed by atoms with Gasteiger partial charge in [-0.25, -0.2) is 14.6 Å². The van der Waals surface area contributed by atoms with Crippen LogP contribution in [0, 0.1) is 11.6 Å². The largest absolute Gasteiger partial charge is 0.436 e. The van der Waals surface area contributed by atoms with E-state index in [1.54, 1.807) is 0 Å². The average molecular weight is 306 g/mol. The molecule has 19 heavy (non-hydrogen) atoms. The van der Waals surface area contributed by atoms with Gasteiger partial charge in [-0.2, -0.15) is 4.98 Å². The van der Waals surface area contributed by atoms with Crippen LogP contribution >= 0.6 is 23.2 Å². The molecule has 0 spiro atoms. The molecule has 1 aromatic heterocycles. The maximum absolute atomic E-state index is 13.5. The molecule has 8 heteroatoms. The Morgan fingerprint density at radius 3 is 2.26 bits per heavy atom. The van der Waals surface area contributed by atoms with E-state index in [4.69, 9.17) is 33.8 Å². The quantitative estimate of drug-likeness (QED) is 0.670. The maximum atomic E-state index is 13.5. The van der Waals surface area contributed by atoms with Crippen LogP contribution in [0.1, 0.15) is 0 Å². The second-order valence-corrected chi connectivity index (χ2v) is 4.33. The number of ether oxygens (including phenoxy) is 1. The third kappa shape index (κ3) is 3.23. The molecule has 0 fully saturated rings. The lowest BCUT2D eigenvalue weighted by Gasteiger charge is -2.09. The van der Waals surface area contributed by atoms with Crippen molar-refractivity contribution >= 4 is 29.0 Å². The van der Waals surface area contributed by atoms with Crippen molar-refractivity contribution in [2.24, 2.45) is 5.84 Å². The van der Waals surface area contributed by atoms with Crippen molar-refractivity contribution in [3.05, 3.63) is 45.9 Å². The molecule has 0 unspecified atom stereocenters. The fraction of sp³-hybridized carbons (Fsp3) is 0. The zero-order valence-electron chi connectivity index (χ0n) is 9.25. The van der Waals surface area contributed by atoms with Crippen LogP contribution in [0.3, 0.4) is 0 Å². The van der Waals surface area contributed by atoms with E-state index in [1.165, 1.54) is 18.2 Å². The molecule has 1 heterocycles. The zero-order chi connectivity index (χ0) is 14.0. The van der Waals surface area contributed by atoms with E-state index in [9.17, 15) is 8.78 Å². The van der Waals surface area contributed by atoms with Crippen LogP contribution in [0.15, 0.2) is 24.3 Å². The van der Waals surface area contributed by atoms with Gasteiger partial charge in [0, 0.05) is 16.1 Å². The summed E-state index contributed by atoms with van der Waals surface area (Å²) < 4.78 is 31.8. The summed E-state index contributed by atoms with van der Waals surface area (Å²) in [6.45, 7) is 0. The van der Waals surface area contributed by atoms with Gasteiger partial charge in [0.2, 0.25) is 0 Å². The van der Waals surface area contributed by atoms with Gasteiger partial charge in [0.05, 0.1) is 0 Å². The Balaban J connectivity index is 2.37. The first-order valence-corrected chi connectivity index (χ1v) is 5.72. The Labute approximate surface area is 117 Å². The molecule has 2 rings (SSSR count). The lowest BCUT2D eigenvalue weighted by atomic mass is 10.3. The number of hydrogen-bond donors (Lipinski definition) is 2. The van der Waals surface area contributed by atoms with Crippen molar-refractivity contribution in [2.75, 3.05) is 5.43 Å². The molecule has 0 radical (unpaired) electrons. The van der Waals surface area contributed by atoms with Gasteiger partial charge in [0.15, 0.2) is 17.5 Å². The number of nitrogens with one attached hydrogen (secondary N) is 1. The zero-order valence-corrected chi connectivity index (χ0v) is 10.8. The summed E-state index contributed by atoms with van der Waals surface area (Å²) in [5.41, 5.74) is 1.99. The molecule has 3 N–H and O–H groups in total. The van der Waals surface area contributed by atoms with Crippen molar-refractivity contribution in [1.82, 2.24) is 4.98 Å². The third-order valence-corrected chi connectivity index (χ3v) is 2.52. The number of hydrogen-bond acceptors (Lipinski definition) is 4. The first kappa shape index (κ1) is 13.8. The number of nitrogen functional groups attached to an aromatic ring is 1. The van der Waals surface area contributed by atoms with Crippen LogP contribution in [0.5, 0.6) is 11.6 Å². The van der Waals surface area contributed by atoms with Gasteiger partial charge in [0.1, 0.15) is 5.75 Å². The number of halogens is 4. The van der Waals surface area contributed by atoms with Gasteiger partial charge in [-0.05, 0) is 18.2 Å². The highest BCUT2D eigenvalue weighted by Gasteiger charge is 2.13. The Hall–Kier alpha value is -1.63. The number of aromatic nitrogens is 1. The molecule has 2 aromatic rings. The highest BCUT2D eigenvalue weighted by molar-refractivity contribution is 6.34. The molecule has 0 amide bonds. The van der Waals surface area contributed by atoms with Gasteiger partial charge in [-0.1, -0.05) is 23.2 Å². The topological polar surface area (TPSA) is 60.2 Å². The number of nitrogens with zero attached hydrogens (tertiary/aromatic N) is 1. The monoisotopic (exact) mass is 305 g/mol. The summed E-state index contributed by atoms with van der Waals surface area (Å²) in [6.07, 6.45) is 0. The van der Waals surface area contributed by atoms with Crippen molar-refractivity contribution in [3.8, 4) is 11.6 Å². The molecular weight excluding hydrogens is 299 g/mol. The third-order valence-electron chi connectivity index (χ3n) is 2.08. The summed E-state index contributed by atoms with van der Waals surface area (Å²) >= 11 is 11.5. The number of rotatable bonds is 3. The highest BCUT2D eigenvalue weighted by Crippen LogP contribution is 2.29. The number of benzene rings is 1. The number of nitrogens with two attached hydrogens (primary N) is 1. The summed E-state index contributed by atoms with van der Waals surface area (Å²) in [7, 11) is 0. The summed E-state index contributed by atoms with van der Waals surface area (Å²) in [5, 5.41) is 0.615. The smallest absolute Gasteiger partial charge is 0.258 e. The van der Waals surface area contributed by atoms with E-state index in [0.29, 0.717) is 16.1 Å². The Bertz CT molecular complexity index is 605. The molecule has 0 aliphatic rings. The SMILES string of the molecule is NNc1nc(Oc2cc(Cl)cc(Cl)c2)c(F)cc1F. The van der Waals surface area contributed by atoms with Crippen LogP contribution in [-0.2, 0) is 0 Å². The molecule has 4 nitrogen and oxygen atoms in total. The van der Waals surface area contributed by atoms with E-state index >= 15 is 0 Å². The van der Waals surface area contributed by atoms with Crippen molar-refractivity contribution in [2.45, 2.75) is 0 Å². The van der Waals surface area contributed by atoms with Gasteiger partial charge in [-0.15, -0.1) is 0 Å². The normalized spacial score (nSPS) is 10.4. The van der Waals surface area contributed by atoms with Crippen LogP contribution < -0.4 is 16.0 Å². The number of hydrazine groups is 1. The minimum absolute atomic E-state index is 0.165. The van der Waals surface area contributed by atoms with Gasteiger partial charge in [-0.3, -0.25) is 0 Å². The molecule has 0 bridgehead atoms. The van der Waals surface area contributed by atoms with Crippen LogP contribution in [0.4, 0.5) is 14.6 Å². The van der Waals surface area contributed by atoms with Gasteiger partial charge in [0.25, 0.3) is 5.88 Å². The molecule has 0 aliphatic heterocycles. The van der Waals surface area contributed by atoms with Crippen LogP contribution in [0.2, 0.25) is 10.0 Å². The first-order valence-electron chi connectivity index (χ1n) is 4.96. The summed E-state index contributed by atoms with van der Waals surface area (Å²) in [5.74, 6) is 2.50. The fourth-order valence-electron chi connectivity index (χ4n) is 1.32. The standard InChI is InChI=1S/C11H7Cl2F2N3O/c12-5-1-6(13)3-7(2-5)19-11-9(15)4-8(14)10(17-11)18-16/h1-4H,16H2,(H,17,18). The van der Waals surface area contributed by atoms with Gasteiger partial charge < -0.3 is 10.2 Å². The second kappa shape index (κ2) is 5.56. The van der Waals surface area contributed by atoms with E-state index in [2.05, 4.69) is 4.98 Å². The minimum atomic E-state index is -0.979. The maximum Gasteiger partial charge on any atom is 0.258 e. The number of anilines is 1. The molecule has 0 aliphatic carbocycles. The molecule has 100 valence electrons. The van der Waals surface area contributed by atoms with E-state index in [1.807, 2.05) is 5.43 Å². The Morgan fingerprint density at radius 1 is 1.05 bits per heavy atom. The predicted molar refractivity (Wildman–Crippen MR) is 68.5 cm³/mol. The predicted octanol–water partition coefficient (Wildman–Crippen LogP) is 3.74. The fourth-order valence-corrected chi connectivity index (χ4v) is 1.83. The van der Waals surface area contributed by atoms with Crippen molar-refractivity contribution in [3.63, 3.8) is 0 Å². The van der Waals surface area contributed by atoms with Crippen molar-refractivity contribution < 1.29 is 13.5 Å². The lowest BCUT2D eigenvalue weighted by Crippen LogP contribution is -2.11. The molecule has 0 saturated heterocycles. The Morgan fingerprint density at radius 2 is 1.68 bits per heavy atom. The summed E-state index contributed by atoms with van der Waals surface area (Å²) in [4.78, 5) is 3.55. The molecule has 0 saturated carbocycles. The van der Waals surface area contributed by atoms with Crippen LogP contribution in [-0.4, -0.2) is 4.98 Å². The highest BCUT2D eigenvalue weighted by atomic mass is 35.5. The van der Waals surface area contributed by atoms with Crippen LogP contribution in [0.25, 0.3) is 0 Å². The first-order chi connectivity index (χ1) is 8.99. The average Bonchev–Trinajstić information content (AvgIpc) is 2.31. The minimum Gasteiger partial charge on any atom is -0.436 e. The number of pyridine rings is 1. The second-order valence-electron chi connectivity index (χ2n) is 3.46. The van der Waals surface area contributed by atoms with Crippen molar-refractivity contribution in [1.29, 1.82) is 0 Å². The van der Waals surface area contributed by atoms with Gasteiger partial charge >= 0.3 is 0 Å². The Kier molecular flexibility index (Phi) is 4.04. The van der Waals surface area contributed by atoms with E-state index in [0.717, 1.165) is 0 Å². The van der Waals surface area contributed by atoms with E-state index < -0.39 is 17.5 Å². The molecular formula is C11H7Cl2F2N3O. The molecule has 1 aromatic carbocycles. The van der Waals surface area contributed by atoms with E-state index in [-0.39, 0.29) is 11.6 Å². The molecule has 0 atom stereocenters. The summed E-state index contributed by atoms with van der Waals surface area (Å²) in [6, 6.07) is 4.90. The lowest BCUT2D eigenvalue weighted by molar-refractivity contribution is 0.418.